The first-order valence-electron chi connectivity index (χ1n) is 11.3. The molecule has 0 aliphatic heterocycles. The summed E-state index contributed by atoms with van der Waals surface area (Å²) in [6, 6.07) is 14.6. The molecule has 0 radical (unpaired) electrons. The molecule has 3 N–H and O–H groups in total. The summed E-state index contributed by atoms with van der Waals surface area (Å²) in [5.74, 6) is -0.124. The number of phenols is 1. The second-order valence-corrected chi connectivity index (χ2v) is 9.29. The Bertz CT molecular complexity index is 1450. The van der Waals surface area contributed by atoms with Gasteiger partial charge in [0.2, 0.25) is 0 Å². The molecule has 36 heavy (non-hydrogen) atoms. The molecular weight excluding hydrogens is 501 g/mol. The molecule has 1 fully saturated rings. The van der Waals surface area contributed by atoms with Gasteiger partial charge in [0.25, 0.3) is 5.91 Å². The number of halogens is 2. The van der Waals surface area contributed by atoms with Gasteiger partial charge in [0.1, 0.15) is 5.75 Å². The zero-order valence-corrected chi connectivity index (χ0v) is 20.4. The van der Waals surface area contributed by atoms with Crippen molar-refractivity contribution in [3.63, 3.8) is 0 Å². The molecule has 2 amide bonds. The summed E-state index contributed by atoms with van der Waals surface area (Å²) in [5.41, 5.74) is 3.27. The first kappa shape index (κ1) is 23.8. The summed E-state index contributed by atoms with van der Waals surface area (Å²) < 4.78 is 1.34. The number of benzene rings is 2. The second-order valence-electron chi connectivity index (χ2n) is 8.48. The molecule has 2 aromatic heterocycles. The Morgan fingerprint density at radius 2 is 1.89 bits per heavy atom. The summed E-state index contributed by atoms with van der Waals surface area (Å²) in [6.07, 6.45) is 4.97. The second kappa shape index (κ2) is 10.0. The van der Waals surface area contributed by atoms with Crippen LogP contribution >= 0.6 is 23.2 Å². The average molecular weight is 522 g/mol. The van der Waals surface area contributed by atoms with Crippen molar-refractivity contribution in [1.82, 2.24) is 20.1 Å². The van der Waals surface area contributed by atoms with Crippen LogP contribution in [0.15, 0.2) is 67.0 Å². The molecule has 1 aliphatic carbocycles. The van der Waals surface area contributed by atoms with Gasteiger partial charge in [0.05, 0.1) is 27.0 Å². The van der Waals surface area contributed by atoms with E-state index in [2.05, 4.69) is 20.7 Å². The Hall–Kier alpha value is -3.88. The van der Waals surface area contributed by atoms with Crippen molar-refractivity contribution in [2.24, 2.45) is 0 Å². The van der Waals surface area contributed by atoms with E-state index in [9.17, 15) is 14.7 Å². The highest BCUT2D eigenvalue weighted by molar-refractivity contribution is 6.42. The number of aromatic nitrogens is 3. The van der Waals surface area contributed by atoms with Crippen molar-refractivity contribution in [3.8, 4) is 17.0 Å². The van der Waals surface area contributed by atoms with Crippen LogP contribution in [-0.2, 0) is 6.54 Å². The average Bonchev–Trinajstić information content (AvgIpc) is 3.64. The number of phenolic OH excluding ortho intramolecular Hbond substituents is 1. The summed E-state index contributed by atoms with van der Waals surface area (Å²) >= 11 is 12.0. The van der Waals surface area contributed by atoms with Crippen LogP contribution in [0.3, 0.4) is 0 Å². The highest BCUT2D eigenvalue weighted by Crippen LogP contribution is 2.42. The number of hydrogen-bond acceptors (Lipinski definition) is 5. The fraction of sp³-hybridized carbons (Fsp3) is 0.154. The molecule has 182 valence electrons. The number of amides is 2. The number of anilines is 1. The highest BCUT2D eigenvalue weighted by atomic mass is 35.5. The van der Waals surface area contributed by atoms with Crippen molar-refractivity contribution >= 4 is 40.8 Å². The van der Waals surface area contributed by atoms with E-state index < -0.39 is 6.03 Å². The quantitative estimate of drug-likeness (QED) is 0.276. The lowest BCUT2D eigenvalue weighted by atomic mass is 10.1. The number of hydrogen-bond donors (Lipinski definition) is 3. The molecule has 1 saturated carbocycles. The van der Waals surface area contributed by atoms with E-state index in [4.69, 9.17) is 23.2 Å². The molecule has 0 saturated heterocycles. The summed E-state index contributed by atoms with van der Waals surface area (Å²) in [5, 5.41) is 21.5. The molecule has 4 aromatic rings. The standard InChI is InChI=1S/C26H21Cl2N5O3/c27-20-7-3-15(10-21(20)28)13-30-26(36)33-23(16-4-5-16)12-22(32-33)19-11-18(6-8-24(19)34)31-25(35)17-2-1-9-29-14-17/h1-3,6-12,14,16,34H,4-5,13H2,(H,30,36)(H,31,35). The van der Waals surface area contributed by atoms with Crippen LogP contribution in [0.2, 0.25) is 10.0 Å². The molecule has 10 heteroatoms. The van der Waals surface area contributed by atoms with E-state index in [-0.39, 0.29) is 24.1 Å². The van der Waals surface area contributed by atoms with Crippen LogP contribution in [0, 0.1) is 0 Å². The third kappa shape index (κ3) is 5.19. The van der Waals surface area contributed by atoms with Gasteiger partial charge >= 0.3 is 6.03 Å². The van der Waals surface area contributed by atoms with Crippen molar-refractivity contribution in [2.45, 2.75) is 25.3 Å². The third-order valence-electron chi connectivity index (χ3n) is 5.81. The molecule has 5 rings (SSSR count). The van der Waals surface area contributed by atoms with Gasteiger partial charge in [0, 0.05) is 36.1 Å². The minimum Gasteiger partial charge on any atom is -0.507 e. The summed E-state index contributed by atoms with van der Waals surface area (Å²) in [4.78, 5) is 29.5. The van der Waals surface area contributed by atoms with Gasteiger partial charge in [-0.05, 0) is 66.9 Å². The third-order valence-corrected chi connectivity index (χ3v) is 6.55. The van der Waals surface area contributed by atoms with Crippen LogP contribution in [0.1, 0.15) is 40.4 Å². The minimum atomic E-state index is -0.394. The van der Waals surface area contributed by atoms with Crippen molar-refractivity contribution in [3.05, 3.63) is 93.9 Å². The summed E-state index contributed by atoms with van der Waals surface area (Å²) in [6.45, 7) is 0.246. The molecule has 8 nitrogen and oxygen atoms in total. The number of carbonyl (C=O) groups excluding carboxylic acids is 2. The normalized spacial score (nSPS) is 12.8. The largest absolute Gasteiger partial charge is 0.507 e. The van der Waals surface area contributed by atoms with Crippen LogP contribution in [0.5, 0.6) is 5.75 Å². The van der Waals surface area contributed by atoms with Gasteiger partial charge in [-0.2, -0.15) is 9.78 Å². The fourth-order valence-electron chi connectivity index (χ4n) is 3.78. The van der Waals surface area contributed by atoms with E-state index in [1.807, 2.05) is 0 Å². The first-order valence-corrected chi connectivity index (χ1v) is 12.0. The molecule has 1 aliphatic rings. The van der Waals surface area contributed by atoms with Crippen molar-refractivity contribution in [2.75, 3.05) is 5.32 Å². The van der Waals surface area contributed by atoms with Gasteiger partial charge in [-0.3, -0.25) is 9.78 Å². The maximum absolute atomic E-state index is 13.0. The number of nitrogens with one attached hydrogen (secondary N) is 2. The van der Waals surface area contributed by atoms with Crippen LogP contribution in [0.25, 0.3) is 11.3 Å². The summed E-state index contributed by atoms with van der Waals surface area (Å²) in [7, 11) is 0. The van der Waals surface area contributed by atoms with Crippen LogP contribution in [-0.4, -0.2) is 31.8 Å². The number of nitrogens with zero attached hydrogens (tertiary/aromatic N) is 3. The Labute approximate surface area is 216 Å². The molecular formula is C26H21Cl2N5O3. The predicted octanol–water partition coefficient (Wildman–Crippen LogP) is 5.85. The van der Waals surface area contributed by atoms with Gasteiger partial charge in [-0.15, -0.1) is 0 Å². The topological polar surface area (TPSA) is 109 Å². The van der Waals surface area contributed by atoms with E-state index in [1.165, 1.54) is 16.9 Å². The van der Waals surface area contributed by atoms with Gasteiger partial charge in [-0.1, -0.05) is 29.3 Å². The van der Waals surface area contributed by atoms with Crippen molar-refractivity contribution in [1.29, 1.82) is 0 Å². The number of carbonyl (C=O) groups is 2. The highest BCUT2D eigenvalue weighted by Gasteiger charge is 2.31. The zero-order valence-electron chi connectivity index (χ0n) is 18.9. The predicted molar refractivity (Wildman–Crippen MR) is 138 cm³/mol. The molecule has 0 atom stereocenters. The van der Waals surface area contributed by atoms with Gasteiger partial charge in [-0.25, -0.2) is 4.79 Å². The number of aromatic hydroxyl groups is 1. The van der Waals surface area contributed by atoms with Crippen LogP contribution in [0.4, 0.5) is 10.5 Å². The van der Waals surface area contributed by atoms with E-state index in [0.717, 1.165) is 24.1 Å². The molecule has 2 aromatic carbocycles. The SMILES string of the molecule is O=C(Nc1ccc(O)c(-c2cc(C3CC3)n(C(=O)NCc3ccc(Cl)c(Cl)c3)n2)c1)c1cccnc1. The fourth-order valence-corrected chi connectivity index (χ4v) is 4.10. The van der Waals surface area contributed by atoms with Gasteiger partial charge < -0.3 is 15.7 Å². The van der Waals surface area contributed by atoms with Crippen molar-refractivity contribution < 1.29 is 14.7 Å². The lowest BCUT2D eigenvalue weighted by Gasteiger charge is -2.09. The lowest BCUT2D eigenvalue weighted by molar-refractivity contribution is 0.102. The minimum absolute atomic E-state index is 0.0161. The molecule has 0 spiro atoms. The smallest absolute Gasteiger partial charge is 0.342 e. The lowest BCUT2D eigenvalue weighted by Crippen LogP contribution is -2.30. The zero-order chi connectivity index (χ0) is 25.2. The molecule has 0 bridgehead atoms. The maximum atomic E-state index is 13.0. The van der Waals surface area contributed by atoms with Gasteiger partial charge in [0.15, 0.2) is 0 Å². The van der Waals surface area contributed by atoms with E-state index >= 15 is 0 Å². The Balaban J connectivity index is 1.38. The molecule has 2 heterocycles. The monoisotopic (exact) mass is 521 g/mol. The van der Waals surface area contributed by atoms with E-state index in [1.54, 1.807) is 54.7 Å². The Morgan fingerprint density at radius 3 is 2.61 bits per heavy atom. The van der Waals surface area contributed by atoms with Crippen LogP contribution < -0.4 is 10.6 Å². The van der Waals surface area contributed by atoms with E-state index in [0.29, 0.717) is 32.6 Å². The number of rotatable bonds is 6. The number of pyridine rings is 1. The Kier molecular flexibility index (Phi) is 6.63. The Morgan fingerprint density at radius 1 is 1.06 bits per heavy atom. The maximum Gasteiger partial charge on any atom is 0.342 e. The first-order chi connectivity index (χ1) is 17.4. The molecule has 0 unspecified atom stereocenters.